The van der Waals surface area contributed by atoms with Gasteiger partial charge in [0.1, 0.15) is 5.82 Å². The van der Waals surface area contributed by atoms with Gasteiger partial charge in [-0.15, -0.1) is 22.9 Å². The number of aromatic nitrogens is 2. The van der Waals surface area contributed by atoms with Crippen LogP contribution in [0.3, 0.4) is 0 Å². The van der Waals surface area contributed by atoms with Crippen LogP contribution < -0.4 is 5.56 Å². The Hall–Kier alpha value is -1.36. The fourth-order valence-electron chi connectivity index (χ4n) is 2.25. The highest BCUT2D eigenvalue weighted by atomic mass is 35.5. The van der Waals surface area contributed by atoms with E-state index < -0.39 is 0 Å². The predicted octanol–water partition coefficient (Wildman–Crippen LogP) is 4.09. The normalized spacial score (nSPS) is 11.1. The maximum Gasteiger partial charge on any atom is 0.261 e. The number of hydrogen-bond donors (Lipinski definition) is 0. The van der Waals surface area contributed by atoms with Crippen LogP contribution in [0.5, 0.6) is 0 Å². The summed E-state index contributed by atoms with van der Waals surface area (Å²) in [5.41, 5.74) is 0.646. The molecule has 0 bridgehead atoms. The number of aryl methyl sites for hydroxylation is 1. The molecule has 1 aromatic carbocycles. The molecule has 0 aliphatic rings. The first-order valence-electron chi connectivity index (χ1n) is 6.47. The third-order valence-corrected chi connectivity index (χ3v) is 4.80. The van der Waals surface area contributed by atoms with Crippen LogP contribution in [0.1, 0.15) is 10.7 Å². The molecular weight excluding hydrogens is 327 g/mol. The minimum Gasteiger partial charge on any atom is -0.295 e. The molecule has 0 saturated carbocycles. The fourth-order valence-corrected chi connectivity index (χ4v) is 3.54. The highest BCUT2D eigenvalue weighted by Crippen LogP contribution is 2.22. The molecule has 0 aliphatic heterocycles. The average Bonchev–Trinajstić information content (AvgIpc) is 2.91. The van der Waals surface area contributed by atoms with E-state index in [-0.39, 0.29) is 11.4 Å². The maximum atomic E-state index is 12.6. The van der Waals surface area contributed by atoms with Crippen LogP contribution in [0.15, 0.2) is 41.2 Å². The van der Waals surface area contributed by atoms with Crippen LogP contribution in [-0.4, -0.2) is 9.55 Å². The first-order chi connectivity index (χ1) is 10.2. The van der Waals surface area contributed by atoms with E-state index in [2.05, 4.69) is 4.98 Å². The Morgan fingerprint density at radius 2 is 2.00 bits per heavy atom. The quantitative estimate of drug-likeness (QED) is 0.671. The molecular formula is C15H12Cl2N2OS. The summed E-state index contributed by atoms with van der Waals surface area (Å²) in [7, 11) is 0. The van der Waals surface area contributed by atoms with E-state index in [1.165, 1.54) is 11.3 Å². The van der Waals surface area contributed by atoms with E-state index in [1.54, 1.807) is 10.6 Å². The summed E-state index contributed by atoms with van der Waals surface area (Å²) in [6.07, 6.45) is 0.737. The van der Waals surface area contributed by atoms with Gasteiger partial charge in [-0.1, -0.05) is 23.7 Å². The van der Waals surface area contributed by atoms with Gasteiger partial charge in [0.05, 0.1) is 21.1 Å². The molecule has 2 heterocycles. The topological polar surface area (TPSA) is 34.9 Å². The van der Waals surface area contributed by atoms with E-state index in [0.717, 1.165) is 15.6 Å². The first kappa shape index (κ1) is 14.6. The van der Waals surface area contributed by atoms with Crippen LogP contribution in [0.4, 0.5) is 0 Å². The standard InChI is InChI=1S/C15H12Cl2N2OS/c16-9-14-18-12-4-2-1-3-11(12)15(20)19(14)8-7-10-5-6-13(17)21-10/h1-6H,7-9H2. The molecule has 3 rings (SSSR count). The second-order valence-electron chi connectivity index (χ2n) is 4.59. The maximum absolute atomic E-state index is 12.6. The summed E-state index contributed by atoms with van der Waals surface area (Å²) in [5.74, 6) is 0.814. The lowest BCUT2D eigenvalue weighted by atomic mass is 10.2. The molecule has 0 radical (unpaired) electrons. The van der Waals surface area contributed by atoms with E-state index in [4.69, 9.17) is 23.2 Å². The van der Waals surface area contributed by atoms with E-state index >= 15 is 0 Å². The zero-order chi connectivity index (χ0) is 14.8. The molecule has 6 heteroatoms. The molecule has 21 heavy (non-hydrogen) atoms. The Balaban J connectivity index is 2.00. The summed E-state index contributed by atoms with van der Waals surface area (Å²) in [4.78, 5) is 18.2. The Kier molecular flexibility index (Phi) is 4.29. The molecule has 0 spiro atoms. The minimum absolute atomic E-state index is 0.0427. The van der Waals surface area contributed by atoms with Crippen molar-refractivity contribution in [1.29, 1.82) is 0 Å². The van der Waals surface area contributed by atoms with Gasteiger partial charge in [0.25, 0.3) is 5.56 Å². The van der Waals surface area contributed by atoms with Crippen molar-refractivity contribution >= 4 is 45.4 Å². The van der Waals surface area contributed by atoms with Gasteiger partial charge in [-0.05, 0) is 30.7 Å². The van der Waals surface area contributed by atoms with Gasteiger partial charge < -0.3 is 0 Å². The van der Waals surface area contributed by atoms with Crippen molar-refractivity contribution in [3.8, 4) is 0 Å². The molecule has 0 amide bonds. The van der Waals surface area contributed by atoms with Crippen LogP contribution in [0.2, 0.25) is 4.34 Å². The monoisotopic (exact) mass is 338 g/mol. The van der Waals surface area contributed by atoms with Crippen LogP contribution >= 0.6 is 34.5 Å². The number of benzene rings is 1. The third-order valence-electron chi connectivity index (χ3n) is 3.27. The minimum atomic E-state index is -0.0427. The van der Waals surface area contributed by atoms with Crippen molar-refractivity contribution in [3.05, 3.63) is 61.8 Å². The van der Waals surface area contributed by atoms with Crippen molar-refractivity contribution < 1.29 is 0 Å². The van der Waals surface area contributed by atoms with Crippen molar-refractivity contribution in [2.24, 2.45) is 0 Å². The zero-order valence-electron chi connectivity index (χ0n) is 11.1. The fraction of sp³-hybridized carbons (Fsp3) is 0.200. The van der Waals surface area contributed by atoms with Gasteiger partial charge in [-0.3, -0.25) is 9.36 Å². The van der Waals surface area contributed by atoms with E-state index in [9.17, 15) is 4.79 Å². The van der Waals surface area contributed by atoms with Crippen molar-refractivity contribution in [2.75, 3.05) is 0 Å². The van der Waals surface area contributed by atoms with Crippen LogP contribution in [-0.2, 0) is 18.8 Å². The lowest BCUT2D eigenvalue weighted by molar-refractivity contribution is 0.638. The number of thiophene rings is 1. The van der Waals surface area contributed by atoms with Gasteiger partial charge in [-0.25, -0.2) is 4.98 Å². The SMILES string of the molecule is O=c1c2ccccc2nc(CCl)n1CCc1ccc(Cl)s1. The third kappa shape index (κ3) is 2.98. The Bertz CT molecular complexity index is 841. The Morgan fingerprint density at radius 3 is 2.71 bits per heavy atom. The Labute approximate surface area is 135 Å². The van der Waals surface area contributed by atoms with Crippen LogP contribution in [0, 0.1) is 0 Å². The summed E-state index contributed by atoms with van der Waals surface area (Å²) in [6, 6.07) is 11.2. The van der Waals surface area contributed by atoms with Crippen molar-refractivity contribution in [2.45, 2.75) is 18.8 Å². The second-order valence-corrected chi connectivity index (χ2v) is 6.66. The van der Waals surface area contributed by atoms with Gasteiger partial charge in [0.2, 0.25) is 0 Å². The number of fused-ring (bicyclic) bond motifs is 1. The summed E-state index contributed by atoms with van der Waals surface area (Å²) in [6.45, 7) is 0.551. The molecule has 0 aliphatic carbocycles. The van der Waals surface area contributed by atoms with Gasteiger partial charge >= 0.3 is 0 Å². The van der Waals surface area contributed by atoms with Crippen molar-refractivity contribution in [3.63, 3.8) is 0 Å². The smallest absolute Gasteiger partial charge is 0.261 e. The highest BCUT2D eigenvalue weighted by molar-refractivity contribution is 7.16. The zero-order valence-corrected chi connectivity index (χ0v) is 13.4. The second kappa shape index (κ2) is 6.18. The molecule has 0 saturated heterocycles. The largest absolute Gasteiger partial charge is 0.295 e. The predicted molar refractivity (Wildman–Crippen MR) is 88.6 cm³/mol. The molecule has 3 aromatic rings. The highest BCUT2D eigenvalue weighted by Gasteiger charge is 2.10. The lowest BCUT2D eigenvalue weighted by Crippen LogP contribution is -2.25. The number of halogens is 2. The van der Waals surface area contributed by atoms with Gasteiger partial charge in [-0.2, -0.15) is 0 Å². The molecule has 0 unspecified atom stereocenters. The number of nitrogens with zero attached hydrogens (tertiary/aromatic N) is 2. The van der Waals surface area contributed by atoms with E-state index in [1.807, 2.05) is 30.3 Å². The number of rotatable bonds is 4. The molecule has 0 N–H and O–H groups in total. The van der Waals surface area contributed by atoms with Gasteiger partial charge in [0, 0.05) is 11.4 Å². The molecule has 3 nitrogen and oxygen atoms in total. The number of alkyl halides is 1. The lowest BCUT2D eigenvalue weighted by Gasteiger charge is -2.11. The number of para-hydroxylation sites is 1. The summed E-state index contributed by atoms with van der Waals surface area (Å²) >= 11 is 13.4. The molecule has 108 valence electrons. The molecule has 2 aromatic heterocycles. The first-order valence-corrected chi connectivity index (χ1v) is 8.20. The van der Waals surface area contributed by atoms with Crippen molar-refractivity contribution in [1.82, 2.24) is 9.55 Å². The Morgan fingerprint density at radius 1 is 1.19 bits per heavy atom. The molecule has 0 fully saturated rings. The number of hydrogen-bond acceptors (Lipinski definition) is 3. The van der Waals surface area contributed by atoms with Crippen LogP contribution in [0.25, 0.3) is 10.9 Å². The summed E-state index contributed by atoms with van der Waals surface area (Å²) < 4.78 is 2.41. The molecule has 0 atom stereocenters. The average molecular weight is 339 g/mol. The van der Waals surface area contributed by atoms with Gasteiger partial charge in [0.15, 0.2) is 0 Å². The summed E-state index contributed by atoms with van der Waals surface area (Å²) in [5, 5.41) is 0.621. The van der Waals surface area contributed by atoms with E-state index in [0.29, 0.717) is 23.3 Å².